The average Bonchev–Trinajstić information content (AvgIpc) is 2.36. The molecule has 1 rings (SSSR count). The van der Waals surface area contributed by atoms with Crippen molar-refractivity contribution < 1.29 is 18.3 Å². The van der Waals surface area contributed by atoms with E-state index in [0.717, 1.165) is 12.8 Å². The number of nitrogens with one attached hydrogen (secondary N) is 1. The summed E-state index contributed by atoms with van der Waals surface area (Å²) in [6.07, 6.45) is 1.52. The number of ether oxygens (including phenoxy) is 1. The summed E-state index contributed by atoms with van der Waals surface area (Å²) in [5, 5.41) is 2.73. The van der Waals surface area contributed by atoms with Crippen molar-refractivity contribution in [1.29, 1.82) is 0 Å². The van der Waals surface area contributed by atoms with Crippen molar-refractivity contribution in [2.24, 2.45) is 5.73 Å². The van der Waals surface area contributed by atoms with Crippen molar-refractivity contribution in [3.05, 3.63) is 29.8 Å². The largest absolute Gasteiger partial charge is 0.434 e. The Morgan fingerprint density at radius 2 is 2.11 bits per heavy atom. The van der Waals surface area contributed by atoms with Crippen LogP contribution < -0.4 is 15.8 Å². The van der Waals surface area contributed by atoms with Crippen LogP contribution in [0.4, 0.5) is 8.78 Å². The molecule has 0 fully saturated rings. The maximum Gasteiger partial charge on any atom is 0.387 e. The van der Waals surface area contributed by atoms with Crippen LogP contribution in [0.2, 0.25) is 0 Å². The van der Waals surface area contributed by atoms with E-state index in [9.17, 15) is 13.6 Å². The van der Waals surface area contributed by atoms with Crippen LogP contribution in [-0.4, -0.2) is 25.1 Å². The lowest BCUT2D eigenvalue weighted by Gasteiger charge is -2.15. The van der Waals surface area contributed by atoms with E-state index in [-0.39, 0.29) is 17.4 Å². The number of benzene rings is 1. The molecule has 106 valence electrons. The monoisotopic (exact) mass is 272 g/mol. The number of halogens is 2. The van der Waals surface area contributed by atoms with Gasteiger partial charge in [0, 0.05) is 6.04 Å². The van der Waals surface area contributed by atoms with Gasteiger partial charge in [0.25, 0.3) is 5.91 Å². The van der Waals surface area contributed by atoms with Gasteiger partial charge in [-0.25, -0.2) is 0 Å². The van der Waals surface area contributed by atoms with Gasteiger partial charge >= 0.3 is 6.61 Å². The minimum absolute atomic E-state index is 0.0735. The third-order valence-electron chi connectivity index (χ3n) is 2.57. The summed E-state index contributed by atoms with van der Waals surface area (Å²) in [7, 11) is 0. The van der Waals surface area contributed by atoms with E-state index in [1.54, 1.807) is 6.07 Å². The van der Waals surface area contributed by atoms with Gasteiger partial charge in [-0.15, -0.1) is 0 Å². The van der Waals surface area contributed by atoms with Crippen LogP contribution in [0.3, 0.4) is 0 Å². The average molecular weight is 272 g/mol. The number of carbonyl (C=O) groups is 1. The van der Waals surface area contributed by atoms with E-state index in [1.165, 1.54) is 18.2 Å². The van der Waals surface area contributed by atoms with Crippen molar-refractivity contribution in [1.82, 2.24) is 5.32 Å². The lowest BCUT2D eigenvalue weighted by molar-refractivity contribution is -0.0501. The number of amides is 1. The topological polar surface area (TPSA) is 64.3 Å². The Balaban J connectivity index is 2.70. The molecule has 0 saturated heterocycles. The fourth-order valence-electron chi connectivity index (χ4n) is 1.65. The molecule has 0 aromatic heterocycles. The van der Waals surface area contributed by atoms with Crippen LogP contribution in [0.15, 0.2) is 24.3 Å². The first kappa shape index (κ1) is 15.4. The normalized spacial score (nSPS) is 12.3. The smallest absolute Gasteiger partial charge is 0.387 e. The molecular formula is C13H18F2N2O2. The molecule has 0 heterocycles. The number of para-hydroxylation sites is 1. The van der Waals surface area contributed by atoms with E-state index in [1.807, 2.05) is 6.92 Å². The van der Waals surface area contributed by atoms with Crippen LogP contribution in [-0.2, 0) is 0 Å². The molecule has 1 unspecified atom stereocenters. The highest BCUT2D eigenvalue weighted by atomic mass is 19.3. The summed E-state index contributed by atoms with van der Waals surface area (Å²) in [5.74, 6) is -0.554. The predicted molar refractivity (Wildman–Crippen MR) is 68.3 cm³/mol. The van der Waals surface area contributed by atoms with E-state index in [2.05, 4.69) is 10.1 Å². The van der Waals surface area contributed by atoms with E-state index in [4.69, 9.17) is 5.73 Å². The second-order valence-corrected chi connectivity index (χ2v) is 4.18. The lowest BCUT2D eigenvalue weighted by Crippen LogP contribution is -2.33. The van der Waals surface area contributed by atoms with Gasteiger partial charge < -0.3 is 15.8 Å². The highest BCUT2D eigenvalue weighted by molar-refractivity contribution is 5.97. The van der Waals surface area contributed by atoms with Gasteiger partial charge in [0.05, 0.1) is 5.56 Å². The molecule has 0 spiro atoms. The predicted octanol–water partition coefficient (Wildman–Crippen LogP) is 2.15. The molecule has 3 N–H and O–H groups in total. The van der Waals surface area contributed by atoms with Crippen molar-refractivity contribution in [3.8, 4) is 5.75 Å². The van der Waals surface area contributed by atoms with Crippen LogP contribution in [0.1, 0.15) is 30.1 Å². The number of rotatable bonds is 7. The Bertz CT molecular complexity index is 413. The molecule has 19 heavy (non-hydrogen) atoms. The Morgan fingerprint density at radius 1 is 1.42 bits per heavy atom. The number of hydrogen-bond donors (Lipinski definition) is 2. The Kier molecular flexibility index (Phi) is 6.21. The number of hydrogen-bond acceptors (Lipinski definition) is 3. The van der Waals surface area contributed by atoms with Gasteiger partial charge in [0.15, 0.2) is 0 Å². The first-order chi connectivity index (χ1) is 9.04. The molecule has 0 bridgehead atoms. The van der Waals surface area contributed by atoms with Gasteiger partial charge in [-0.3, -0.25) is 4.79 Å². The Hall–Kier alpha value is -1.69. The minimum atomic E-state index is -2.95. The maximum atomic E-state index is 12.2. The summed E-state index contributed by atoms with van der Waals surface area (Å²) in [5.41, 5.74) is 5.48. The third-order valence-corrected chi connectivity index (χ3v) is 2.57. The van der Waals surface area contributed by atoms with Crippen LogP contribution in [0.25, 0.3) is 0 Å². The van der Waals surface area contributed by atoms with Crippen molar-refractivity contribution in [2.45, 2.75) is 32.4 Å². The highest BCUT2D eigenvalue weighted by Gasteiger charge is 2.16. The SMILES string of the molecule is CC(CCCN)NC(=O)c1ccccc1OC(F)F. The summed E-state index contributed by atoms with van der Waals surface area (Å²) in [6.45, 7) is -0.571. The molecule has 0 aliphatic carbocycles. The molecule has 1 aromatic carbocycles. The van der Waals surface area contributed by atoms with Crippen LogP contribution in [0, 0.1) is 0 Å². The second kappa shape index (κ2) is 7.68. The van der Waals surface area contributed by atoms with Gasteiger partial charge in [-0.05, 0) is 38.4 Å². The zero-order valence-electron chi connectivity index (χ0n) is 10.7. The fourth-order valence-corrected chi connectivity index (χ4v) is 1.65. The highest BCUT2D eigenvalue weighted by Crippen LogP contribution is 2.20. The zero-order chi connectivity index (χ0) is 14.3. The number of nitrogens with two attached hydrogens (primary N) is 1. The minimum Gasteiger partial charge on any atom is -0.434 e. The Labute approximate surface area is 110 Å². The molecule has 0 aliphatic rings. The molecule has 0 saturated carbocycles. The third kappa shape index (κ3) is 5.21. The standard InChI is InChI=1S/C13H18F2N2O2/c1-9(5-4-8-16)17-12(18)10-6-2-3-7-11(10)19-13(14)15/h2-3,6-7,9,13H,4-5,8,16H2,1H3,(H,17,18). The Morgan fingerprint density at radius 3 is 2.74 bits per heavy atom. The second-order valence-electron chi connectivity index (χ2n) is 4.18. The van der Waals surface area contributed by atoms with Crippen molar-refractivity contribution in [2.75, 3.05) is 6.54 Å². The fraction of sp³-hybridized carbons (Fsp3) is 0.462. The van der Waals surface area contributed by atoms with E-state index in [0.29, 0.717) is 6.54 Å². The first-order valence-corrected chi connectivity index (χ1v) is 6.09. The van der Waals surface area contributed by atoms with Gasteiger partial charge in [-0.1, -0.05) is 12.1 Å². The molecule has 0 aliphatic heterocycles. The quantitative estimate of drug-likeness (QED) is 0.799. The summed E-state index contributed by atoms with van der Waals surface area (Å²) < 4.78 is 28.8. The van der Waals surface area contributed by atoms with Gasteiger partial charge in [0.1, 0.15) is 5.75 Å². The van der Waals surface area contributed by atoms with Gasteiger partial charge in [0.2, 0.25) is 0 Å². The van der Waals surface area contributed by atoms with Crippen molar-refractivity contribution in [3.63, 3.8) is 0 Å². The molecule has 1 aromatic rings. The lowest BCUT2D eigenvalue weighted by atomic mass is 10.1. The zero-order valence-corrected chi connectivity index (χ0v) is 10.7. The molecule has 4 nitrogen and oxygen atoms in total. The molecular weight excluding hydrogens is 254 g/mol. The maximum absolute atomic E-state index is 12.2. The summed E-state index contributed by atoms with van der Waals surface area (Å²) >= 11 is 0. The summed E-state index contributed by atoms with van der Waals surface area (Å²) in [6, 6.07) is 5.84. The van der Waals surface area contributed by atoms with Crippen LogP contribution >= 0.6 is 0 Å². The molecule has 0 radical (unpaired) electrons. The number of carbonyl (C=O) groups excluding carboxylic acids is 1. The van der Waals surface area contributed by atoms with E-state index < -0.39 is 12.5 Å². The molecule has 6 heteroatoms. The molecule has 1 amide bonds. The van der Waals surface area contributed by atoms with Gasteiger partial charge in [-0.2, -0.15) is 8.78 Å². The summed E-state index contributed by atoms with van der Waals surface area (Å²) in [4.78, 5) is 12.0. The van der Waals surface area contributed by atoms with Crippen LogP contribution in [0.5, 0.6) is 5.75 Å². The first-order valence-electron chi connectivity index (χ1n) is 6.09. The van der Waals surface area contributed by atoms with E-state index >= 15 is 0 Å². The van der Waals surface area contributed by atoms with Crippen molar-refractivity contribution >= 4 is 5.91 Å². The number of alkyl halides is 2. The molecule has 1 atom stereocenters.